The fourth-order valence-corrected chi connectivity index (χ4v) is 3.34. The molecule has 0 spiro atoms. The molecule has 1 aliphatic rings. The first-order valence-electron chi connectivity index (χ1n) is 8.48. The largest absolute Gasteiger partial charge is 0.503 e. The molecule has 2 aromatic carbocycles. The normalized spacial score (nSPS) is 17.4. The Morgan fingerprint density at radius 2 is 1.77 bits per heavy atom. The van der Waals surface area contributed by atoms with Gasteiger partial charge in [-0.25, -0.2) is 8.78 Å². The molecule has 1 aliphatic heterocycles. The van der Waals surface area contributed by atoms with Gasteiger partial charge in [-0.2, -0.15) is 0 Å². The van der Waals surface area contributed by atoms with E-state index >= 15 is 0 Å². The Balaban J connectivity index is 1.85. The number of hydrogen-bond acceptors (Lipinski definition) is 4. The highest BCUT2D eigenvalue weighted by Crippen LogP contribution is 2.31. The van der Waals surface area contributed by atoms with Crippen molar-refractivity contribution in [2.75, 3.05) is 29.4 Å². The van der Waals surface area contributed by atoms with Crippen molar-refractivity contribution >= 4 is 17.3 Å². The van der Waals surface area contributed by atoms with Crippen molar-refractivity contribution in [3.05, 3.63) is 54.1 Å². The predicted octanol–water partition coefficient (Wildman–Crippen LogP) is 2.63. The number of para-hydroxylation sites is 1. The third-order valence-corrected chi connectivity index (χ3v) is 4.66. The molecule has 7 heteroatoms. The number of halogens is 2. The van der Waals surface area contributed by atoms with E-state index in [-0.39, 0.29) is 12.5 Å². The van der Waals surface area contributed by atoms with Crippen LogP contribution in [0.15, 0.2) is 42.5 Å². The quantitative estimate of drug-likeness (QED) is 0.859. The van der Waals surface area contributed by atoms with Gasteiger partial charge in [0.25, 0.3) is 0 Å². The lowest BCUT2D eigenvalue weighted by atomic mass is 10.0. The van der Waals surface area contributed by atoms with E-state index in [1.54, 1.807) is 0 Å². The van der Waals surface area contributed by atoms with Crippen LogP contribution in [0.25, 0.3) is 0 Å². The number of aromatic hydroxyl groups is 1. The molecule has 0 radical (unpaired) electrons. The summed E-state index contributed by atoms with van der Waals surface area (Å²) in [4.78, 5) is 15.3. The predicted molar refractivity (Wildman–Crippen MR) is 96.2 cm³/mol. The van der Waals surface area contributed by atoms with Crippen molar-refractivity contribution in [1.29, 1.82) is 0 Å². The molecule has 0 aromatic heterocycles. The maximum Gasteiger partial charge on any atom is 0.217 e. The Hall–Kier alpha value is -2.83. The first-order chi connectivity index (χ1) is 12.5. The molecule has 2 aromatic rings. The first kappa shape index (κ1) is 18.0. The van der Waals surface area contributed by atoms with Gasteiger partial charge in [0.1, 0.15) is 0 Å². The summed E-state index contributed by atoms with van der Waals surface area (Å²) in [6.45, 7) is 1.80. The lowest BCUT2D eigenvalue weighted by Gasteiger charge is -2.44. The van der Waals surface area contributed by atoms with Gasteiger partial charge in [0.15, 0.2) is 17.4 Å². The molecule has 0 bridgehead atoms. The molecule has 3 rings (SSSR count). The van der Waals surface area contributed by atoms with E-state index in [1.807, 2.05) is 35.2 Å². The Kier molecular flexibility index (Phi) is 5.25. The van der Waals surface area contributed by atoms with E-state index in [4.69, 9.17) is 5.73 Å². The van der Waals surface area contributed by atoms with Crippen LogP contribution in [0.1, 0.15) is 12.8 Å². The topological polar surface area (TPSA) is 69.8 Å². The summed E-state index contributed by atoms with van der Waals surface area (Å²) >= 11 is 0. The third kappa shape index (κ3) is 3.87. The summed E-state index contributed by atoms with van der Waals surface area (Å²) in [5.41, 5.74) is 6.69. The van der Waals surface area contributed by atoms with Crippen LogP contribution in [0.4, 0.5) is 20.2 Å². The Morgan fingerprint density at radius 3 is 2.38 bits per heavy atom. The lowest BCUT2D eigenvalue weighted by Crippen LogP contribution is -2.53. The molecule has 1 saturated heterocycles. The SMILES string of the molecule is NC(=O)CCC1CN(c2ccccc2)CCN1c1cc(F)c(O)c(F)c1. The molecular weight excluding hydrogens is 340 g/mol. The molecule has 26 heavy (non-hydrogen) atoms. The summed E-state index contributed by atoms with van der Waals surface area (Å²) in [6, 6.07) is 11.9. The highest BCUT2D eigenvalue weighted by molar-refractivity contribution is 5.73. The average molecular weight is 361 g/mol. The van der Waals surface area contributed by atoms with E-state index in [1.165, 1.54) is 0 Å². The van der Waals surface area contributed by atoms with E-state index in [9.17, 15) is 18.7 Å². The van der Waals surface area contributed by atoms with Gasteiger partial charge in [0.05, 0.1) is 0 Å². The number of phenols is 1. The molecule has 0 saturated carbocycles. The number of nitrogens with zero attached hydrogens (tertiary/aromatic N) is 2. The van der Waals surface area contributed by atoms with Crippen molar-refractivity contribution < 1.29 is 18.7 Å². The van der Waals surface area contributed by atoms with Crippen molar-refractivity contribution in [2.45, 2.75) is 18.9 Å². The molecule has 0 aliphatic carbocycles. The third-order valence-electron chi connectivity index (χ3n) is 4.66. The van der Waals surface area contributed by atoms with Crippen LogP contribution in [-0.4, -0.2) is 36.7 Å². The van der Waals surface area contributed by atoms with Gasteiger partial charge in [0.2, 0.25) is 5.91 Å². The second kappa shape index (κ2) is 7.59. The summed E-state index contributed by atoms with van der Waals surface area (Å²) in [5, 5.41) is 9.32. The number of anilines is 2. The summed E-state index contributed by atoms with van der Waals surface area (Å²) in [5.74, 6) is -3.39. The summed E-state index contributed by atoms with van der Waals surface area (Å²) in [6.07, 6.45) is 0.662. The molecule has 1 heterocycles. The van der Waals surface area contributed by atoms with Gasteiger partial charge in [-0.05, 0) is 18.6 Å². The van der Waals surface area contributed by atoms with Crippen LogP contribution in [0.3, 0.4) is 0 Å². The van der Waals surface area contributed by atoms with E-state index in [0.29, 0.717) is 31.7 Å². The number of nitrogens with two attached hydrogens (primary N) is 1. The molecule has 138 valence electrons. The van der Waals surface area contributed by atoms with Gasteiger partial charge >= 0.3 is 0 Å². The molecule has 5 nitrogen and oxygen atoms in total. The van der Waals surface area contributed by atoms with Crippen molar-refractivity contribution in [3.8, 4) is 5.75 Å². The Labute approximate surface area is 150 Å². The number of carbonyl (C=O) groups is 1. The number of amides is 1. The molecule has 1 unspecified atom stereocenters. The molecule has 3 N–H and O–H groups in total. The van der Waals surface area contributed by atoms with Crippen molar-refractivity contribution in [3.63, 3.8) is 0 Å². The van der Waals surface area contributed by atoms with Crippen molar-refractivity contribution in [2.24, 2.45) is 5.73 Å². The first-order valence-corrected chi connectivity index (χ1v) is 8.48. The molecular formula is C19H21F2N3O2. The second-order valence-corrected chi connectivity index (χ2v) is 6.39. The Bertz CT molecular complexity index is 763. The fourth-order valence-electron chi connectivity index (χ4n) is 3.34. The maximum atomic E-state index is 13.8. The minimum atomic E-state index is -1.00. The highest BCUT2D eigenvalue weighted by atomic mass is 19.1. The van der Waals surface area contributed by atoms with Crippen LogP contribution in [0.2, 0.25) is 0 Å². The monoisotopic (exact) mass is 361 g/mol. The zero-order chi connectivity index (χ0) is 18.7. The number of carbonyl (C=O) groups excluding carboxylic acids is 1. The van der Waals surface area contributed by atoms with Gasteiger partial charge in [-0.1, -0.05) is 18.2 Å². The van der Waals surface area contributed by atoms with E-state index in [2.05, 4.69) is 4.90 Å². The fraction of sp³-hybridized carbons (Fsp3) is 0.316. The lowest BCUT2D eigenvalue weighted by molar-refractivity contribution is -0.118. The summed E-state index contributed by atoms with van der Waals surface area (Å²) < 4.78 is 27.6. The smallest absolute Gasteiger partial charge is 0.217 e. The number of benzene rings is 2. The van der Waals surface area contributed by atoms with Gasteiger partial charge in [-0.15, -0.1) is 0 Å². The number of hydrogen-bond donors (Lipinski definition) is 2. The average Bonchev–Trinajstić information content (AvgIpc) is 2.64. The summed E-state index contributed by atoms with van der Waals surface area (Å²) in [7, 11) is 0. The van der Waals surface area contributed by atoms with Gasteiger partial charge in [0, 0.05) is 55.6 Å². The minimum absolute atomic E-state index is 0.139. The molecule has 1 amide bonds. The Morgan fingerprint density at radius 1 is 1.12 bits per heavy atom. The minimum Gasteiger partial charge on any atom is -0.503 e. The second-order valence-electron chi connectivity index (χ2n) is 6.39. The van der Waals surface area contributed by atoms with Crippen LogP contribution >= 0.6 is 0 Å². The van der Waals surface area contributed by atoms with Crippen LogP contribution in [0, 0.1) is 11.6 Å². The standard InChI is InChI=1S/C19H21F2N3O2/c20-16-10-15(11-17(21)19(16)26)24-9-8-23(13-4-2-1-3-5-13)12-14(24)6-7-18(22)25/h1-5,10-11,14,26H,6-9,12H2,(H2,22,25). The maximum absolute atomic E-state index is 13.8. The van der Waals surface area contributed by atoms with E-state index < -0.39 is 23.3 Å². The number of phenolic OH excluding ortho intramolecular Hbond substituents is 1. The number of piperazine rings is 1. The van der Waals surface area contributed by atoms with Crippen LogP contribution < -0.4 is 15.5 Å². The van der Waals surface area contributed by atoms with Crippen LogP contribution in [-0.2, 0) is 4.79 Å². The zero-order valence-electron chi connectivity index (χ0n) is 14.2. The highest BCUT2D eigenvalue weighted by Gasteiger charge is 2.28. The van der Waals surface area contributed by atoms with Gasteiger partial charge in [-0.3, -0.25) is 4.79 Å². The zero-order valence-corrected chi connectivity index (χ0v) is 14.2. The molecule has 1 fully saturated rings. The molecule has 1 atom stereocenters. The van der Waals surface area contributed by atoms with Gasteiger partial charge < -0.3 is 20.6 Å². The van der Waals surface area contributed by atoms with Crippen LogP contribution in [0.5, 0.6) is 5.75 Å². The van der Waals surface area contributed by atoms with Crippen molar-refractivity contribution in [1.82, 2.24) is 0 Å². The van der Waals surface area contributed by atoms with E-state index in [0.717, 1.165) is 17.8 Å². The number of rotatable bonds is 5. The number of primary amides is 1.